The number of aryl methyl sites for hydroxylation is 1. The molecule has 0 unspecified atom stereocenters. The second-order valence-electron chi connectivity index (χ2n) is 4.34. The molecule has 0 atom stereocenters. The molecule has 0 fully saturated rings. The first-order valence-corrected chi connectivity index (χ1v) is 7.38. The van der Waals surface area contributed by atoms with Crippen LogP contribution in [0.3, 0.4) is 0 Å². The van der Waals surface area contributed by atoms with Crippen LogP contribution in [-0.2, 0) is 10.0 Å². The van der Waals surface area contributed by atoms with Gasteiger partial charge in [0.25, 0.3) is 5.91 Å². The van der Waals surface area contributed by atoms with Crippen molar-refractivity contribution in [2.75, 3.05) is 5.32 Å². The summed E-state index contributed by atoms with van der Waals surface area (Å²) in [4.78, 5) is 15.2. The van der Waals surface area contributed by atoms with Crippen LogP contribution in [0.2, 0.25) is 0 Å². The Hall–Kier alpha value is -2.32. The van der Waals surface area contributed by atoms with Crippen molar-refractivity contribution in [3.05, 3.63) is 53.6 Å². The lowest BCUT2D eigenvalue weighted by Crippen LogP contribution is -2.16. The van der Waals surface area contributed by atoms with E-state index in [2.05, 4.69) is 10.3 Å². The minimum atomic E-state index is -3.87. The van der Waals surface area contributed by atoms with Crippen molar-refractivity contribution in [1.82, 2.24) is 4.98 Å². The van der Waals surface area contributed by atoms with Crippen LogP contribution in [0.1, 0.15) is 15.9 Å². The molecular formula is C13H12FN3O3S. The number of anilines is 1. The van der Waals surface area contributed by atoms with Crippen LogP contribution in [0.25, 0.3) is 0 Å². The number of amides is 1. The molecule has 0 spiro atoms. The zero-order valence-corrected chi connectivity index (χ0v) is 11.8. The average molecular weight is 309 g/mol. The Morgan fingerprint density at radius 1 is 1.29 bits per heavy atom. The van der Waals surface area contributed by atoms with Gasteiger partial charge < -0.3 is 5.32 Å². The Kier molecular flexibility index (Phi) is 4.01. The second-order valence-corrected chi connectivity index (χ2v) is 5.90. The molecular weight excluding hydrogens is 297 g/mol. The summed E-state index contributed by atoms with van der Waals surface area (Å²) in [6, 6.07) is 6.43. The number of halogens is 1. The molecule has 0 aliphatic heterocycles. The number of sulfonamides is 1. The van der Waals surface area contributed by atoms with Crippen LogP contribution in [-0.4, -0.2) is 19.3 Å². The molecule has 0 bridgehead atoms. The van der Waals surface area contributed by atoms with Gasteiger partial charge in [-0.1, -0.05) is 6.07 Å². The van der Waals surface area contributed by atoms with Crippen LogP contribution < -0.4 is 10.5 Å². The van der Waals surface area contributed by atoms with Gasteiger partial charge >= 0.3 is 0 Å². The monoisotopic (exact) mass is 309 g/mol. The Bertz CT molecular complexity index is 806. The van der Waals surface area contributed by atoms with Crippen LogP contribution in [0, 0.1) is 12.9 Å². The summed E-state index contributed by atoms with van der Waals surface area (Å²) in [5.41, 5.74) is 0.997. The van der Waals surface area contributed by atoms with E-state index in [0.717, 1.165) is 12.3 Å². The van der Waals surface area contributed by atoms with Gasteiger partial charge in [0.2, 0.25) is 16.0 Å². The minimum Gasteiger partial charge on any atom is -0.322 e. The highest BCUT2D eigenvalue weighted by Crippen LogP contribution is 2.20. The molecule has 1 amide bonds. The highest BCUT2D eigenvalue weighted by Gasteiger charge is 2.13. The SMILES string of the molecule is Cc1ccc(S(N)(=O)=O)cc1NC(=O)c1ccnc(F)c1. The maximum Gasteiger partial charge on any atom is 0.255 e. The lowest BCUT2D eigenvalue weighted by Gasteiger charge is -2.10. The zero-order chi connectivity index (χ0) is 15.6. The van der Waals surface area contributed by atoms with Gasteiger partial charge in [0, 0.05) is 23.5 Å². The van der Waals surface area contributed by atoms with E-state index in [-0.39, 0.29) is 16.1 Å². The number of benzene rings is 1. The van der Waals surface area contributed by atoms with E-state index in [4.69, 9.17) is 5.14 Å². The van der Waals surface area contributed by atoms with Crippen molar-refractivity contribution in [3.63, 3.8) is 0 Å². The molecule has 0 aliphatic rings. The summed E-state index contributed by atoms with van der Waals surface area (Å²) in [5, 5.41) is 7.55. The fourth-order valence-corrected chi connectivity index (χ4v) is 2.19. The first kappa shape index (κ1) is 15.1. The lowest BCUT2D eigenvalue weighted by atomic mass is 10.2. The van der Waals surface area contributed by atoms with Gasteiger partial charge in [-0.05, 0) is 30.7 Å². The number of primary sulfonamides is 1. The highest BCUT2D eigenvalue weighted by molar-refractivity contribution is 7.89. The molecule has 1 aromatic carbocycles. The molecule has 0 saturated carbocycles. The number of pyridine rings is 1. The molecule has 2 aromatic rings. The van der Waals surface area contributed by atoms with Gasteiger partial charge in [-0.15, -0.1) is 0 Å². The summed E-state index contributed by atoms with van der Waals surface area (Å²) >= 11 is 0. The Morgan fingerprint density at radius 2 is 2.00 bits per heavy atom. The van der Waals surface area contributed by atoms with E-state index in [9.17, 15) is 17.6 Å². The van der Waals surface area contributed by atoms with Crippen LogP contribution in [0.5, 0.6) is 0 Å². The van der Waals surface area contributed by atoms with Gasteiger partial charge in [-0.25, -0.2) is 18.5 Å². The van der Waals surface area contributed by atoms with Crippen molar-refractivity contribution in [2.24, 2.45) is 5.14 Å². The van der Waals surface area contributed by atoms with E-state index in [1.54, 1.807) is 6.92 Å². The average Bonchev–Trinajstić information content (AvgIpc) is 2.40. The molecule has 1 aromatic heterocycles. The van der Waals surface area contributed by atoms with E-state index >= 15 is 0 Å². The molecule has 8 heteroatoms. The standard InChI is InChI=1S/C13H12FN3O3S/c1-8-2-3-10(21(15,19)20)7-11(8)17-13(18)9-4-5-16-12(14)6-9/h2-7H,1H3,(H,17,18)(H2,15,19,20). The summed E-state index contributed by atoms with van der Waals surface area (Å²) in [7, 11) is -3.87. The first-order chi connectivity index (χ1) is 9.77. The normalized spacial score (nSPS) is 11.2. The highest BCUT2D eigenvalue weighted by atomic mass is 32.2. The van der Waals surface area contributed by atoms with Crippen molar-refractivity contribution in [2.45, 2.75) is 11.8 Å². The van der Waals surface area contributed by atoms with Crippen LogP contribution in [0.15, 0.2) is 41.4 Å². The van der Waals surface area contributed by atoms with E-state index < -0.39 is 21.9 Å². The van der Waals surface area contributed by atoms with Crippen LogP contribution >= 0.6 is 0 Å². The molecule has 110 valence electrons. The first-order valence-electron chi connectivity index (χ1n) is 5.84. The fourth-order valence-electron chi connectivity index (χ4n) is 1.65. The minimum absolute atomic E-state index is 0.0721. The third-order valence-corrected chi connectivity index (χ3v) is 3.69. The number of carbonyl (C=O) groups is 1. The quantitative estimate of drug-likeness (QED) is 0.837. The summed E-state index contributed by atoms with van der Waals surface area (Å²) in [6.45, 7) is 1.69. The number of nitrogens with two attached hydrogens (primary N) is 1. The largest absolute Gasteiger partial charge is 0.322 e. The Morgan fingerprint density at radius 3 is 2.62 bits per heavy atom. The van der Waals surface area contributed by atoms with Gasteiger partial charge in [0.15, 0.2) is 0 Å². The van der Waals surface area contributed by atoms with Crippen molar-refractivity contribution in [1.29, 1.82) is 0 Å². The van der Waals surface area contributed by atoms with Gasteiger partial charge in [-0.2, -0.15) is 4.39 Å². The van der Waals surface area contributed by atoms with Gasteiger partial charge in [0.1, 0.15) is 0 Å². The predicted octanol–water partition coefficient (Wildman–Crippen LogP) is 1.43. The summed E-state index contributed by atoms with van der Waals surface area (Å²) in [5.74, 6) is -1.36. The number of hydrogen-bond acceptors (Lipinski definition) is 4. The maximum absolute atomic E-state index is 13.0. The third-order valence-electron chi connectivity index (χ3n) is 2.77. The number of nitrogens with zero attached hydrogens (tertiary/aromatic N) is 1. The Balaban J connectivity index is 2.33. The molecule has 0 saturated heterocycles. The molecule has 3 N–H and O–H groups in total. The van der Waals surface area contributed by atoms with Crippen molar-refractivity contribution >= 4 is 21.6 Å². The number of aromatic nitrogens is 1. The number of nitrogens with one attached hydrogen (secondary N) is 1. The van der Waals surface area contributed by atoms with Crippen LogP contribution in [0.4, 0.5) is 10.1 Å². The summed E-state index contributed by atoms with van der Waals surface area (Å²) < 4.78 is 35.6. The fraction of sp³-hybridized carbons (Fsp3) is 0.0769. The van der Waals surface area contributed by atoms with E-state index in [1.165, 1.54) is 24.3 Å². The zero-order valence-electron chi connectivity index (χ0n) is 11.0. The van der Waals surface area contributed by atoms with E-state index in [0.29, 0.717) is 5.56 Å². The molecule has 1 heterocycles. The number of hydrogen-bond donors (Lipinski definition) is 2. The lowest BCUT2D eigenvalue weighted by molar-refractivity contribution is 0.102. The summed E-state index contributed by atoms with van der Waals surface area (Å²) in [6.07, 6.45) is 1.16. The van der Waals surface area contributed by atoms with Gasteiger partial charge in [-0.3, -0.25) is 4.79 Å². The van der Waals surface area contributed by atoms with Crippen molar-refractivity contribution in [3.8, 4) is 0 Å². The number of rotatable bonds is 3. The third kappa shape index (κ3) is 3.61. The number of carbonyl (C=O) groups excluding carboxylic acids is 1. The molecule has 2 rings (SSSR count). The topological polar surface area (TPSA) is 102 Å². The predicted molar refractivity (Wildman–Crippen MR) is 74.7 cm³/mol. The van der Waals surface area contributed by atoms with E-state index in [1.807, 2.05) is 0 Å². The van der Waals surface area contributed by atoms with Crippen molar-refractivity contribution < 1.29 is 17.6 Å². The Labute approximate surface area is 120 Å². The molecule has 0 aliphatic carbocycles. The molecule has 6 nitrogen and oxygen atoms in total. The second kappa shape index (κ2) is 5.58. The van der Waals surface area contributed by atoms with Gasteiger partial charge in [0.05, 0.1) is 4.90 Å². The molecule has 0 radical (unpaired) electrons. The maximum atomic E-state index is 13.0. The molecule has 21 heavy (non-hydrogen) atoms. The smallest absolute Gasteiger partial charge is 0.255 e.